The van der Waals surface area contributed by atoms with Gasteiger partial charge in [-0.3, -0.25) is 14.5 Å². The topological polar surface area (TPSA) is 126 Å². The molecule has 3 N–H and O–H groups in total. The Hall–Kier alpha value is -1.91. The Balaban J connectivity index is 1.91. The molecule has 2 aliphatic heterocycles. The normalized spacial score (nSPS) is 23.9. The van der Waals surface area contributed by atoms with Gasteiger partial charge in [-0.2, -0.15) is 5.10 Å². The lowest BCUT2D eigenvalue weighted by Crippen LogP contribution is -2.68. The first-order valence-electron chi connectivity index (χ1n) is 6.17. The van der Waals surface area contributed by atoms with Gasteiger partial charge in [0.1, 0.15) is 22.1 Å². The van der Waals surface area contributed by atoms with Crippen molar-refractivity contribution in [2.24, 2.45) is 5.73 Å². The van der Waals surface area contributed by atoms with Crippen LogP contribution >= 0.6 is 23.5 Å². The second-order valence-electron chi connectivity index (χ2n) is 4.52. The molecule has 1 unspecified atom stereocenters. The van der Waals surface area contributed by atoms with E-state index >= 15 is 0 Å². The number of nitrogens with zero attached hydrogens (tertiary/aromatic N) is 3. The fourth-order valence-corrected chi connectivity index (χ4v) is 4.27. The number of hydrogen-bond acceptors (Lipinski definition) is 8. The van der Waals surface area contributed by atoms with Crippen LogP contribution in [0.2, 0.25) is 0 Å². The number of fused-ring (bicyclic) bond motifs is 1. The average Bonchev–Trinajstić information content (AvgIpc) is 2.53. The standard InChI is InChI=1S/C12H10N4O4S2/c13-7-9(17)16-8(11(18)19)5(4-21-10(7)16)12(20)22-6-2-1-3-14-15-6/h1-3,7,10H,4,13H2,(H,18,19)/t7?,10-/m1/s1. The van der Waals surface area contributed by atoms with E-state index in [1.165, 1.54) is 18.0 Å². The van der Waals surface area contributed by atoms with Crippen molar-refractivity contribution in [3.05, 3.63) is 29.6 Å². The van der Waals surface area contributed by atoms with Crippen LogP contribution in [0.1, 0.15) is 0 Å². The van der Waals surface area contributed by atoms with Crippen LogP contribution < -0.4 is 5.73 Å². The quantitative estimate of drug-likeness (QED) is 0.563. The fraction of sp³-hybridized carbons (Fsp3) is 0.250. The summed E-state index contributed by atoms with van der Waals surface area (Å²) in [6, 6.07) is 2.50. The van der Waals surface area contributed by atoms with Gasteiger partial charge in [0.15, 0.2) is 0 Å². The zero-order chi connectivity index (χ0) is 15.9. The van der Waals surface area contributed by atoms with E-state index in [2.05, 4.69) is 10.2 Å². The van der Waals surface area contributed by atoms with E-state index in [0.29, 0.717) is 5.03 Å². The van der Waals surface area contributed by atoms with Crippen LogP contribution in [0, 0.1) is 0 Å². The van der Waals surface area contributed by atoms with Crippen LogP contribution in [0.4, 0.5) is 0 Å². The summed E-state index contributed by atoms with van der Waals surface area (Å²) in [5, 5.41) is 16.3. The summed E-state index contributed by atoms with van der Waals surface area (Å²) in [6.07, 6.45) is 1.47. The van der Waals surface area contributed by atoms with Crippen LogP contribution in [0.15, 0.2) is 34.6 Å². The molecule has 0 spiro atoms. The highest BCUT2D eigenvalue weighted by atomic mass is 32.2. The number of β-lactam (4-membered cyclic amide) rings is 1. The number of carbonyl (C=O) groups excluding carboxylic acids is 2. The fourth-order valence-electron chi connectivity index (χ4n) is 2.17. The molecule has 0 bridgehead atoms. The van der Waals surface area contributed by atoms with Gasteiger partial charge in [0, 0.05) is 17.5 Å². The smallest absolute Gasteiger partial charge is 0.353 e. The summed E-state index contributed by atoms with van der Waals surface area (Å²) in [6.45, 7) is 0. The van der Waals surface area contributed by atoms with Gasteiger partial charge in [-0.1, -0.05) is 0 Å². The summed E-state index contributed by atoms with van der Waals surface area (Å²) in [5.74, 6) is -1.60. The van der Waals surface area contributed by atoms with Crippen LogP contribution in [0.25, 0.3) is 0 Å². The maximum atomic E-state index is 12.3. The number of carboxylic acids is 1. The summed E-state index contributed by atoms with van der Waals surface area (Å²) < 4.78 is 0. The SMILES string of the molecule is NC1C(=O)N2C(C(=O)O)=C(C(=O)Sc3cccnn3)CS[C@H]12. The molecule has 22 heavy (non-hydrogen) atoms. The highest BCUT2D eigenvalue weighted by Gasteiger charge is 2.52. The first kappa shape index (κ1) is 15.0. The molecule has 0 radical (unpaired) electrons. The Morgan fingerprint density at radius 2 is 2.27 bits per heavy atom. The van der Waals surface area contributed by atoms with Crippen molar-refractivity contribution in [2.45, 2.75) is 16.4 Å². The minimum Gasteiger partial charge on any atom is -0.477 e. The van der Waals surface area contributed by atoms with E-state index in [0.717, 1.165) is 16.7 Å². The molecule has 1 aromatic heterocycles. The number of amides is 1. The number of aliphatic carboxylic acids is 1. The number of thioether (sulfide) groups is 2. The lowest BCUT2D eigenvalue weighted by atomic mass is 10.0. The first-order valence-corrected chi connectivity index (χ1v) is 8.04. The average molecular weight is 338 g/mol. The van der Waals surface area contributed by atoms with Gasteiger partial charge < -0.3 is 10.8 Å². The molecular formula is C12H10N4O4S2. The van der Waals surface area contributed by atoms with Crippen LogP contribution in [0.3, 0.4) is 0 Å². The summed E-state index contributed by atoms with van der Waals surface area (Å²) in [5.41, 5.74) is 5.44. The van der Waals surface area contributed by atoms with Crippen molar-refractivity contribution in [1.82, 2.24) is 15.1 Å². The highest BCUT2D eigenvalue weighted by molar-refractivity contribution is 8.14. The molecule has 1 fully saturated rings. The predicted molar refractivity (Wildman–Crippen MR) is 78.6 cm³/mol. The van der Waals surface area contributed by atoms with E-state index in [1.807, 2.05) is 0 Å². The van der Waals surface area contributed by atoms with Crippen LogP contribution in [-0.2, 0) is 14.4 Å². The Labute approximate surface area is 133 Å². The minimum atomic E-state index is -1.31. The van der Waals surface area contributed by atoms with Crippen molar-refractivity contribution < 1.29 is 19.5 Å². The monoisotopic (exact) mass is 338 g/mol. The van der Waals surface area contributed by atoms with Gasteiger partial charge in [0.2, 0.25) is 11.0 Å². The molecule has 0 saturated carbocycles. The molecule has 10 heteroatoms. The van der Waals surface area contributed by atoms with Gasteiger partial charge in [-0.25, -0.2) is 4.79 Å². The number of nitrogens with two attached hydrogens (primary N) is 1. The molecule has 8 nitrogen and oxygen atoms in total. The Morgan fingerprint density at radius 1 is 1.50 bits per heavy atom. The van der Waals surface area contributed by atoms with Crippen molar-refractivity contribution in [2.75, 3.05) is 5.75 Å². The molecule has 2 atom stereocenters. The van der Waals surface area contributed by atoms with Gasteiger partial charge in [0.25, 0.3) is 0 Å². The Bertz CT molecular complexity index is 694. The van der Waals surface area contributed by atoms with E-state index in [-0.39, 0.29) is 17.0 Å². The second kappa shape index (κ2) is 5.71. The van der Waals surface area contributed by atoms with E-state index in [1.54, 1.807) is 12.1 Å². The van der Waals surface area contributed by atoms with Crippen molar-refractivity contribution >= 4 is 40.5 Å². The zero-order valence-electron chi connectivity index (χ0n) is 11.0. The first-order chi connectivity index (χ1) is 10.5. The third-order valence-electron chi connectivity index (χ3n) is 3.20. The number of hydrogen-bond donors (Lipinski definition) is 2. The maximum absolute atomic E-state index is 12.3. The lowest BCUT2D eigenvalue weighted by Gasteiger charge is -2.47. The number of rotatable bonds is 3. The second-order valence-corrected chi connectivity index (χ2v) is 6.62. The largest absolute Gasteiger partial charge is 0.477 e. The van der Waals surface area contributed by atoms with Crippen molar-refractivity contribution in [3.63, 3.8) is 0 Å². The third-order valence-corrected chi connectivity index (χ3v) is 5.36. The Morgan fingerprint density at radius 3 is 2.91 bits per heavy atom. The van der Waals surface area contributed by atoms with E-state index < -0.39 is 28.4 Å². The minimum absolute atomic E-state index is 0.0738. The highest BCUT2D eigenvalue weighted by Crippen LogP contribution is 2.41. The third kappa shape index (κ3) is 2.38. The number of carboxylic acid groups (broad SMARTS) is 1. The van der Waals surface area contributed by atoms with Gasteiger partial charge in [-0.05, 0) is 23.9 Å². The summed E-state index contributed by atoms with van der Waals surface area (Å²) in [4.78, 5) is 36.7. The zero-order valence-corrected chi connectivity index (χ0v) is 12.6. The molecule has 1 aromatic rings. The van der Waals surface area contributed by atoms with Gasteiger partial charge >= 0.3 is 5.97 Å². The summed E-state index contributed by atoms with van der Waals surface area (Å²) >= 11 is 2.07. The maximum Gasteiger partial charge on any atom is 0.353 e. The van der Waals surface area contributed by atoms with E-state index in [9.17, 15) is 19.5 Å². The Kier molecular flexibility index (Phi) is 3.89. The van der Waals surface area contributed by atoms with E-state index in [4.69, 9.17) is 5.73 Å². The van der Waals surface area contributed by atoms with Crippen LogP contribution in [0.5, 0.6) is 0 Å². The van der Waals surface area contributed by atoms with Gasteiger partial charge in [-0.15, -0.1) is 16.9 Å². The molecule has 114 valence electrons. The molecule has 3 rings (SSSR count). The summed E-state index contributed by atoms with van der Waals surface area (Å²) in [7, 11) is 0. The molecular weight excluding hydrogens is 328 g/mol. The van der Waals surface area contributed by atoms with Crippen molar-refractivity contribution in [1.29, 1.82) is 0 Å². The molecule has 2 aliphatic rings. The van der Waals surface area contributed by atoms with Crippen LogP contribution in [-0.4, -0.2) is 54.4 Å². The molecule has 1 saturated heterocycles. The number of carbonyl (C=O) groups is 3. The molecule has 1 amide bonds. The molecule has 0 aliphatic carbocycles. The number of aromatic nitrogens is 2. The predicted octanol–water partition coefficient (Wildman–Crippen LogP) is -0.324. The van der Waals surface area contributed by atoms with Gasteiger partial charge in [0.05, 0.1) is 0 Å². The molecule has 3 heterocycles. The lowest BCUT2D eigenvalue weighted by molar-refractivity contribution is -0.148. The van der Waals surface area contributed by atoms with Crippen molar-refractivity contribution in [3.8, 4) is 0 Å². The molecule has 0 aromatic carbocycles.